The highest BCUT2D eigenvalue weighted by atomic mass is 127. The fraction of sp³-hybridized carbons (Fsp3) is 0.0526. The summed E-state index contributed by atoms with van der Waals surface area (Å²) < 4.78 is 1.23. The van der Waals surface area contributed by atoms with Crippen molar-refractivity contribution in [2.24, 2.45) is 0 Å². The predicted octanol–water partition coefficient (Wildman–Crippen LogP) is 5.49. The van der Waals surface area contributed by atoms with E-state index in [1.807, 2.05) is 0 Å². The van der Waals surface area contributed by atoms with Crippen molar-refractivity contribution in [2.45, 2.75) is 6.04 Å². The maximum absolute atomic E-state index is 3.65. The lowest BCUT2D eigenvalue weighted by Crippen LogP contribution is -2.12. The molecular formula is C19H16IN. The molecule has 1 nitrogen and oxygen atoms in total. The zero-order valence-corrected chi connectivity index (χ0v) is 13.7. The van der Waals surface area contributed by atoms with Crippen molar-refractivity contribution in [3.63, 3.8) is 0 Å². The molecule has 0 aromatic heterocycles. The van der Waals surface area contributed by atoms with Crippen molar-refractivity contribution in [1.29, 1.82) is 0 Å². The number of rotatable bonds is 4. The van der Waals surface area contributed by atoms with Crippen LogP contribution in [0.15, 0.2) is 84.9 Å². The predicted molar refractivity (Wildman–Crippen MR) is 97.5 cm³/mol. The molecule has 0 spiro atoms. The van der Waals surface area contributed by atoms with Gasteiger partial charge in [-0.3, -0.25) is 0 Å². The molecule has 0 aliphatic heterocycles. The first-order valence-corrected chi connectivity index (χ1v) is 8.03. The van der Waals surface area contributed by atoms with Gasteiger partial charge >= 0.3 is 0 Å². The van der Waals surface area contributed by atoms with Crippen molar-refractivity contribution in [1.82, 2.24) is 0 Å². The Kier molecular flexibility index (Phi) is 4.55. The van der Waals surface area contributed by atoms with E-state index in [-0.39, 0.29) is 6.04 Å². The van der Waals surface area contributed by atoms with Gasteiger partial charge in [-0.25, -0.2) is 0 Å². The molecule has 3 aromatic carbocycles. The summed E-state index contributed by atoms with van der Waals surface area (Å²) in [6.07, 6.45) is 0. The Balaban J connectivity index is 1.97. The standard InChI is InChI=1S/C19H16IN/c20-17-12-7-13-18(14-17)21-19(15-8-3-1-4-9-15)16-10-5-2-6-11-16/h1-14,19,21H. The minimum atomic E-state index is 0.158. The summed E-state index contributed by atoms with van der Waals surface area (Å²) in [7, 11) is 0. The highest BCUT2D eigenvalue weighted by Crippen LogP contribution is 2.27. The van der Waals surface area contributed by atoms with Crippen molar-refractivity contribution < 1.29 is 0 Å². The Morgan fingerprint density at radius 3 is 1.76 bits per heavy atom. The lowest BCUT2D eigenvalue weighted by Gasteiger charge is -2.21. The van der Waals surface area contributed by atoms with Crippen LogP contribution in [0.25, 0.3) is 0 Å². The first-order valence-electron chi connectivity index (χ1n) is 6.95. The molecule has 0 aliphatic carbocycles. The van der Waals surface area contributed by atoms with Gasteiger partial charge in [-0.05, 0) is 51.9 Å². The van der Waals surface area contributed by atoms with Gasteiger partial charge < -0.3 is 5.32 Å². The summed E-state index contributed by atoms with van der Waals surface area (Å²) in [5.74, 6) is 0. The van der Waals surface area contributed by atoms with Crippen LogP contribution in [0.4, 0.5) is 5.69 Å². The maximum atomic E-state index is 3.65. The zero-order chi connectivity index (χ0) is 14.5. The molecule has 0 saturated heterocycles. The second-order valence-electron chi connectivity index (χ2n) is 4.91. The summed E-state index contributed by atoms with van der Waals surface area (Å²) >= 11 is 2.34. The Morgan fingerprint density at radius 2 is 1.24 bits per heavy atom. The number of benzene rings is 3. The van der Waals surface area contributed by atoms with Crippen LogP contribution >= 0.6 is 22.6 Å². The number of nitrogens with one attached hydrogen (secondary N) is 1. The van der Waals surface area contributed by atoms with Gasteiger partial charge in [0.2, 0.25) is 0 Å². The van der Waals surface area contributed by atoms with Crippen LogP contribution in [0.5, 0.6) is 0 Å². The molecule has 104 valence electrons. The van der Waals surface area contributed by atoms with Gasteiger partial charge in [-0.2, -0.15) is 0 Å². The smallest absolute Gasteiger partial charge is 0.0767 e. The largest absolute Gasteiger partial charge is 0.374 e. The first kappa shape index (κ1) is 14.1. The molecule has 0 unspecified atom stereocenters. The van der Waals surface area contributed by atoms with Crippen LogP contribution in [0.3, 0.4) is 0 Å². The third-order valence-electron chi connectivity index (χ3n) is 3.40. The van der Waals surface area contributed by atoms with E-state index in [1.165, 1.54) is 14.7 Å². The molecule has 21 heavy (non-hydrogen) atoms. The van der Waals surface area contributed by atoms with E-state index in [0.29, 0.717) is 0 Å². The van der Waals surface area contributed by atoms with Crippen molar-refractivity contribution in [2.75, 3.05) is 5.32 Å². The normalized spacial score (nSPS) is 10.6. The Hall–Kier alpha value is -1.81. The summed E-state index contributed by atoms with van der Waals surface area (Å²) in [5.41, 5.74) is 3.67. The Labute approximate surface area is 139 Å². The monoisotopic (exact) mass is 385 g/mol. The van der Waals surface area contributed by atoms with Crippen LogP contribution < -0.4 is 5.32 Å². The van der Waals surface area contributed by atoms with Crippen LogP contribution in [0.1, 0.15) is 17.2 Å². The molecule has 3 aromatic rings. The molecule has 1 N–H and O–H groups in total. The number of anilines is 1. The van der Waals surface area contributed by atoms with E-state index in [4.69, 9.17) is 0 Å². The average Bonchev–Trinajstić information content (AvgIpc) is 2.54. The molecule has 3 rings (SSSR count). The van der Waals surface area contributed by atoms with E-state index in [9.17, 15) is 0 Å². The fourth-order valence-electron chi connectivity index (χ4n) is 2.40. The van der Waals surface area contributed by atoms with Crippen LogP contribution in [0, 0.1) is 3.57 Å². The van der Waals surface area contributed by atoms with Crippen LogP contribution in [0.2, 0.25) is 0 Å². The van der Waals surface area contributed by atoms with E-state index in [0.717, 1.165) is 5.69 Å². The van der Waals surface area contributed by atoms with E-state index in [1.54, 1.807) is 0 Å². The van der Waals surface area contributed by atoms with Crippen molar-refractivity contribution in [3.05, 3.63) is 99.6 Å². The maximum Gasteiger partial charge on any atom is 0.0767 e. The van der Waals surface area contributed by atoms with Crippen molar-refractivity contribution in [3.8, 4) is 0 Å². The van der Waals surface area contributed by atoms with E-state index in [2.05, 4.69) is 113 Å². The van der Waals surface area contributed by atoms with Gasteiger partial charge in [-0.15, -0.1) is 0 Å². The number of hydrogen-bond acceptors (Lipinski definition) is 1. The van der Waals surface area contributed by atoms with Gasteiger partial charge in [0.15, 0.2) is 0 Å². The highest BCUT2D eigenvalue weighted by Gasteiger charge is 2.13. The molecule has 0 aliphatic rings. The molecular weight excluding hydrogens is 369 g/mol. The van der Waals surface area contributed by atoms with Gasteiger partial charge in [0.25, 0.3) is 0 Å². The fourth-order valence-corrected chi connectivity index (χ4v) is 2.94. The Morgan fingerprint density at radius 1 is 0.667 bits per heavy atom. The highest BCUT2D eigenvalue weighted by molar-refractivity contribution is 14.1. The average molecular weight is 385 g/mol. The van der Waals surface area contributed by atoms with E-state index < -0.39 is 0 Å². The van der Waals surface area contributed by atoms with Crippen LogP contribution in [-0.4, -0.2) is 0 Å². The summed E-state index contributed by atoms with van der Waals surface area (Å²) in [4.78, 5) is 0. The second kappa shape index (κ2) is 6.76. The number of halogens is 1. The second-order valence-corrected chi connectivity index (χ2v) is 6.15. The summed E-state index contributed by atoms with van der Waals surface area (Å²) in [6, 6.07) is 29.7. The number of hydrogen-bond donors (Lipinski definition) is 1. The quantitative estimate of drug-likeness (QED) is 0.586. The topological polar surface area (TPSA) is 12.0 Å². The molecule has 2 heteroatoms. The summed E-state index contributed by atoms with van der Waals surface area (Å²) in [6.45, 7) is 0. The van der Waals surface area contributed by atoms with Gasteiger partial charge in [0.1, 0.15) is 0 Å². The van der Waals surface area contributed by atoms with E-state index >= 15 is 0 Å². The third kappa shape index (κ3) is 3.64. The third-order valence-corrected chi connectivity index (χ3v) is 4.07. The SMILES string of the molecule is Ic1cccc(NC(c2ccccc2)c2ccccc2)c1. The van der Waals surface area contributed by atoms with Gasteiger partial charge in [0.05, 0.1) is 6.04 Å². The zero-order valence-electron chi connectivity index (χ0n) is 11.5. The van der Waals surface area contributed by atoms with Crippen LogP contribution in [-0.2, 0) is 0 Å². The lowest BCUT2D eigenvalue weighted by molar-refractivity contribution is 0.939. The molecule has 0 radical (unpaired) electrons. The van der Waals surface area contributed by atoms with Crippen molar-refractivity contribution >= 4 is 28.3 Å². The first-order chi connectivity index (χ1) is 10.3. The molecule has 0 atom stereocenters. The minimum absolute atomic E-state index is 0.158. The molecule has 0 saturated carbocycles. The molecule has 0 fully saturated rings. The van der Waals surface area contributed by atoms with Gasteiger partial charge in [-0.1, -0.05) is 66.7 Å². The molecule has 0 heterocycles. The minimum Gasteiger partial charge on any atom is -0.374 e. The molecule has 0 bridgehead atoms. The van der Waals surface area contributed by atoms with Gasteiger partial charge in [0, 0.05) is 9.26 Å². The lowest BCUT2D eigenvalue weighted by atomic mass is 9.98. The molecule has 0 amide bonds. The Bertz CT molecular complexity index is 656. The summed E-state index contributed by atoms with van der Waals surface area (Å²) in [5, 5.41) is 3.65.